The summed E-state index contributed by atoms with van der Waals surface area (Å²) in [6, 6.07) is 14.4. The fourth-order valence-electron chi connectivity index (χ4n) is 4.85. The van der Waals surface area contributed by atoms with Gasteiger partial charge < -0.3 is 25.4 Å². The molecule has 2 aromatic carbocycles. The molecule has 1 aromatic heterocycles. The van der Waals surface area contributed by atoms with Crippen LogP contribution >= 0.6 is 0 Å². The zero-order valence-corrected chi connectivity index (χ0v) is 21.9. The second kappa shape index (κ2) is 11.6. The zero-order valence-electron chi connectivity index (χ0n) is 21.9. The number of aromatic nitrogens is 2. The predicted octanol–water partition coefficient (Wildman–Crippen LogP) is 4.98. The number of anilines is 5. The molecule has 2 fully saturated rings. The number of piperidine rings is 1. The number of nitrogens with one attached hydrogen (secondary N) is 3. The average molecular weight is 515 g/mol. The smallest absolute Gasteiger partial charge is 0.247 e. The van der Waals surface area contributed by atoms with Crippen LogP contribution in [0.2, 0.25) is 0 Å². The van der Waals surface area contributed by atoms with Gasteiger partial charge in [-0.15, -0.1) is 0 Å². The summed E-state index contributed by atoms with van der Waals surface area (Å²) in [6.07, 6.45) is 5.28. The number of hydrogen-bond acceptors (Lipinski definition) is 8. The molecule has 0 unspecified atom stereocenters. The maximum Gasteiger partial charge on any atom is 0.247 e. The lowest BCUT2D eigenvalue weighted by Gasteiger charge is -2.41. The molecule has 0 spiro atoms. The van der Waals surface area contributed by atoms with Crippen molar-refractivity contribution in [2.75, 3.05) is 49.4 Å². The molecule has 3 heterocycles. The van der Waals surface area contributed by atoms with Crippen molar-refractivity contribution in [1.82, 2.24) is 14.9 Å². The van der Waals surface area contributed by atoms with E-state index in [1.807, 2.05) is 37.3 Å². The standard InChI is InChI=1S/C29H34N6O3/c1-4-27(36)31-22-6-5-7-23(15-22)32-28-19(2)16-30-29(34-28)33-25-9-8-21(14-26(25)37-3)20-10-12-35(13-11-20)24-17-38-18-24/h4-9,14-16,20,24H,1,10-13,17-18H2,2-3H3,(H,31,36)(H2,30,32,33,34). The molecule has 0 radical (unpaired) electrons. The lowest BCUT2D eigenvalue weighted by Crippen LogP contribution is -2.51. The molecular weight excluding hydrogens is 480 g/mol. The Morgan fingerprint density at radius 3 is 2.63 bits per heavy atom. The van der Waals surface area contributed by atoms with Crippen molar-refractivity contribution in [2.24, 2.45) is 0 Å². The van der Waals surface area contributed by atoms with Crippen LogP contribution in [0.4, 0.5) is 28.8 Å². The van der Waals surface area contributed by atoms with Crippen LogP contribution in [0.3, 0.4) is 0 Å². The van der Waals surface area contributed by atoms with E-state index in [4.69, 9.17) is 9.47 Å². The summed E-state index contributed by atoms with van der Waals surface area (Å²) in [5.41, 5.74) is 4.45. The number of benzene rings is 2. The van der Waals surface area contributed by atoms with Gasteiger partial charge in [0.05, 0.1) is 32.1 Å². The molecule has 5 rings (SSSR count). The summed E-state index contributed by atoms with van der Waals surface area (Å²) >= 11 is 0. The van der Waals surface area contributed by atoms with E-state index in [-0.39, 0.29) is 5.91 Å². The quantitative estimate of drug-likeness (QED) is 0.344. The SMILES string of the molecule is C=CC(=O)Nc1cccc(Nc2nc(Nc3ccc(C4CCN(C5COC5)CC4)cc3OC)ncc2C)c1. The van der Waals surface area contributed by atoms with Crippen molar-refractivity contribution in [3.05, 3.63) is 72.4 Å². The first-order valence-electron chi connectivity index (χ1n) is 12.9. The molecule has 38 heavy (non-hydrogen) atoms. The number of ether oxygens (including phenoxy) is 2. The largest absolute Gasteiger partial charge is 0.495 e. The van der Waals surface area contributed by atoms with E-state index in [0.29, 0.717) is 29.4 Å². The summed E-state index contributed by atoms with van der Waals surface area (Å²) in [5.74, 6) is 2.14. The third kappa shape index (κ3) is 5.95. The van der Waals surface area contributed by atoms with Gasteiger partial charge in [0.25, 0.3) is 0 Å². The van der Waals surface area contributed by atoms with Crippen LogP contribution in [0.1, 0.15) is 29.9 Å². The van der Waals surface area contributed by atoms with E-state index < -0.39 is 0 Å². The highest BCUT2D eigenvalue weighted by Gasteiger charge is 2.30. The van der Waals surface area contributed by atoms with Crippen molar-refractivity contribution in [3.8, 4) is 5.75 Å². The van der Waals surface area contributed by atoms with Gasteiger partial charge in [0.15, 0.2) is 0 Å². The highest BCUT2D eigenvalue weighted by molar-refractivity contribution is 5.99. The Morgan fingerprint density at radius 2 is 1.92 bits per heavy atom. The van der Waals surface area contributed by atoms with Crippen molar-refractivity contribution in [3.63, 3.8) is 0 Å². The molecule has 3 N–H and O–H groups in total. The number of likely N-dealkylation sites (tertiary alicyclic amines) is 1. The summed E-state index contributed by atoms with van der Waals surface area (Å²) in [5, 5.41) is 9.40. The topological polar surface area (TPSA) is 101 Å². The summed E-state index contributed by atoms with van der Waals surface area (Å²) in [6.45, 7) is 9.39. The second-order valence-corrected chi connectivity index (χ2v) is 9.71. The average Bonchev–Trinajstić information content (AvgIpc) is 2.90. The Kier molecular flexibility index (Phi) is 7.86. The van der Waals surface area contributed by atoms with Gasteiger partial charge in [0, 0.05) is 23.1 Å². The van der Waals surface area contributed by atoms with Crippen LogP contribution in [-0.2, 0) is 9.53 Å². The molecule has 0 atom stereocenters. The molecule has 0 bridgehead atoms. The Balaban J connectivity index is 1.27. The highest BCUT2D eigenvalue weighted by atomic mass is 16.5. The first-order valence-corrected chi connectivity index (χ1v) is 12.9. The maximum atomic E-state index is 11.6. The first kappa shape index (κ1) is 25.7. The normalized spacial score (nSPS) is 16.4. The molecule has 2 aliphatic heterocycles. The van der Waals surface area contributed by atoms with Crippen LogP contribution in [0.15, 0.2) is 61.3 Å². The van der Waals surface area contributed by atoms with Crippen LogP contribution < -0.4 is 20.7 Å². The molecule has 198 valence electrons. The van der Waals surface area contributed by atoms with Gasteiger partial charge in [-0.2, -0.15) is 4.98 Å². The second-order valence-electron chi connectivity index (χ2n) is 9.71. The van der Waals surface area contributed by atoms with E-state index in [1.54, 1.807) is 13.3 Å². The van der Waals surface area contributed by atoms with Gasteiger partial charge in [0.2, 0.25) is 11.9 Å². The molecule has 2 saturated heterocycles. The van der Waals surface area contributed by atoms with Gasteiger partial charge in [-0.05, 0) is 80.7 Å². The van der Waals surface area contributed by atoms with Crippen LogP contribution in [0, 0.1) is 6.92 Å². The minimum absolute atomic E-state index is 0.263. The fraction of sp³-hybridized carbons (Fsp3) is 0.345. The third-order valence-electron chi connectivity index (χ3n) is 7.16. The Hall–Kier alpha value is -3.95. The number of carbonyl (C=O) groups is 1. The monoisotopic (exact) mass is 514 g/mol. The van der Waals surface area contributed by atoms with Crippen LogP contribution in [0.5, 0.6) is 5.75 Å². The van der Waals surface area contributed by atoms with E-state index in [0.717, 1.165) is 61.8 Å². The molecule has 3 aromatic rings. The number of amides is 1. The maximum absolute atomic E-state index is 11.6. The third-order valence-corrected chi connectivity index (χ3v) is 7.16. The molecular formula is C29H34N6O3. The molecule has 1 amide bonds. The number of methoxy groups -OCH3 is 1. The van der Waals surface area contributed by atoms with E-state index in [1.165, 1.54) is 11.6 Å². The van der Waals surface area contributed by atoms with Gasteiger partial charge in [-0.1, -0.05) is 18.7 Å². The lowest BCUT2D eigenvalue weighted by atomic mass is 9.88. The van der Waals surface area contributed by atoms with Gasteiger partial charge in [-0.3, -0.25) is 9.69 Å². The van der Waals surface area contributed by atoms with Crippen molar-refractivity contribution >= 4 is 34.7 Å². The first-order chi connectivity index (χ1) is 18.5. The van der Waals surface area contributed by atoms with Crippen LogP contribution in [-0.4, -0.2) is 60.2 Å². The van der Waals surface area contributed by atoms with Crippen molar-refractivity contribution < 1.29 is 14.3 Å². The molecule has 0 saturated carbocycles. The van der Waals surface area contributed by atoms with Gasteiger partial charge >= 0.3 is 0 Å². The highest BCUT2D eigenvalue weighted by Crippen LogP contribution is 2.35. The Bertz CT molecular complexity index is 1300. The number of rotatable bonds is 9. The Labute approximate surface area is 223 Å². The van der Waals surface area contributed by atoms with Gasteiger partial charge in [-0.25, -0.2) is 4.98 Å². The molecule has 2 aliphatic rings. The molecule has 9 nitrogen and oxygen atoms in total. The molecule has 9 heteroatoms. The minimum atomic E-state index is -0.263. The van der Waals surface area contributed by atoms with E-state index in [2.05, 4.69) is 49.5 Å². The summed E-state index contributed by atoms with van der Waals surface area (Å²) in [7, 11) is 1.69. The lowest BCUT2D eigenvalue weighted by molar-refractivity contribution is -0.111. The van der Waals surface area contributed by atoms with Crippen molar-refractivity contribution in [1.29, 1.82) is 0 Å². The van der Waals surface area contributed by atoms with Gasteiger partial charge in [0.1, 0.15) is 11.6 Å². The number of aryl methyl sites for hydroxylation is 1. The van der Waals surface area contributed by atoms with E-state index in [9.17, 15) is 4.79 Å². The fourth-order valence-corrected chi connectivity index (χ4v) is 4.85. The number of hydrogen-bond donors (Lipinski definition) is 3. The number of carbonyl (C=O) groups excluding carboxylic acids is 1. The summed E-state index contributed by atoms with van der Waals surface area (Å²) < 4.78 is 11.1. The van der Waals surface area contributed by atoms with E-state index >= 15 is 0 Å². The number of nitrogens with zero attached hydrogens (tertiary/aromatic N) is 3. The molecule has 0 aliphatic carbocycles. The van der Waals surface area contributed by atoms with Crippen LogP contribution in [0.25, 0.3) is 0 Å². The predicted molar refractivity (Wildman–Crippen MR) is 150 cm³/mol. The van der Waals surface area contributed by atoms with Crippen molar-refractivity contribution in [2.45, 2.75) is 31.7 Å². The minimum Gasteiger partial charge on any atom is -0.495 e. The Morgan fingerprint density at radius 1 is 1.13 bits per heavy atom. The summed E-state index contributed by atoms with van der Waals surface area (Å²) in [4.78, 5) is 23.4. The zero-order chi connectivity index (χ0) is 26.5.